The molecule has 4 rings (SSSR count). The van der Waals surface area contributed by atoms with Crippen LogP contribution in [0.1, 0.15) is 11.1 Å². The number of nitrogens with one attached hydrogen (secondary N) is 2. The smallest absolute Gasteiger partial charge is 0.234 e. The molecule has 6 nitrogen and oxygen atoms in total. The predicted octanol–water partition coefficient (Wildman–Crippen LogP) is 4.47. The molecule has 4 aromatic rings. The largest absolute Gasteiger partial charge is 0.497 e. The average Bonchev–Trinajstić information content (AvgIpc) is 3.07. The summed E-state index contributed by atoms with van der Waals surface area (Å²) in [5.41, 5.74) is 5.66. The molecule has 142 valence electrons. The van der Waals surface area contributed by atoms with Gasteiger partial charge in [-0.25, -0.2) is 9.97 Å². The van der Waals surface area contributed by atoms with Crippen molar-refractivity contribution in [2.24, 2.45) is 0 Å². The van der Waals surface area contributed by atoms with Gasteiger partial charge in [0.15, 0.2) is 0 Å². The number of benzene rings is 2. The van der Waals surface area contributed by atoms with Gasteiger partial charge >= 0.3 is 0 Å². The maximum absolute atomic E-state index is 12.4. The van der Waals surface area contributed by atoms with E-state index in [0.717, 1.165) is 44.0 Å². The molecule has 0 unspecified atom stereocenters. The molecule has 28 heavy (non-hydrogen) atoms. The van der Waals surface area contributed by atoms with Gasteiger partial charge in [-0.05, 0) is 43.7 Å². The fourth-order valence-corrected chi connectivity index (χ4v) is 3.91. The fourth-order valence-electron chi connectivity index (χ4n) is 3.16. The SMILES string of the molecule is COc1ccc2[nH]c3c(SCC(=O)Nc4ccc(C)cc4C)ncnc3c2c1. The van der Waals surface area contributed by atoms with E-state index in [1.165, 1.54) is 23.7 Å². The van der Waals surface area contributed by atoms with E-state index in [4.69, 9.17) is 4.74 Å². The highest BCUT2D eigenvalue weighted by Gasteiger charge is 2.13. The van der Waals surface area contributed by atoms with Crippen molar-refractivity contribution in [1.29, 1.82) is 0 Å². The van der Waals surface area contributed by atoms with Crippen molar-refractivity contribution in [2.45, 2.75) is 18.9 Å². The lowest BCUT2D eigenvalue weighted by Crippen LogP contribution is -2.15. The van der Waals surface area contributed by atoms with Crippen molar-refractivity contribution in [2.75, 3.05) is 18.2 Å². The molecule has 0 bridgehead atoms. The van der Waals surface area contributed by atoms with Crippen LogP contribution in [0.25, 0.3) is 21.9 Å². The van der Waals surface area contributed by atoms with E-state index < -0.39 is 0 Å². The Kier molecular flexibility index (Phi) is 4.92. The highest BCUT2D eigenvalue weighted by atomic mass is 32.2. The summed E-state index contributed by atoms with van der Waals surface area (Å²) in [7, 11) is 1.64. The molecule has 0 spiro atoms. The Bertz CT molecular complexity index is 1190. The summed E-state index contributed by atoms with van der Waals surface area (Å²) in [6, 6.07) is 11.8. The van der Waals surface area contributed by atoms with Gasteiger partial charge in [-0.3, -0.25) is 4.79 Å². The van der Waals surface area contributed by atoms with Gasteiger partial charge in [-0.15, -0.1) is 0 Å². The number of thioether (sulfide) groups is 1. The zero-order chi connectivity index (χ0) is 19.7. The Hall–Kier alpha value is -3.06. The Labute approximate surface area is 166 Å². The molecule has 2 aromatic heterocycles. The number of hydrogen-bond donors (Lipinski definition) is 2. The molecule has 0 atom stereocenters. The first-order valence-electron chi connectivity index (χ1n) is 8.85. The van der Waals surface area contributed by atoms with E-state index in [2.05, 4.69) is 26.3 Å². The highest BCUT2D eigenvalue weighted by Crippen LogP contribution is 2.31. The van der Waals surface area contributed by atoms with Crippen molar-refractivity contribution in [3.8, 4) is 5.75 Å². The van der Waals surface area contributed by atoms with E-state index in [0.29, 0.717) is 0 Å². The molecular weight excluding hydrogens is 372 g/mol. The number of nitrogens with zero attached hydrogens (tertiary/aromatic N) is 2. The number of ether oxygens (including phenoxy) is 1. The maximum Gasteiger partial charge on any atom is 0.234 e. The minimum absolute atomic E-state index is 0.0681. The van der Waals surface area contributed by atoms with Crippen LogP contribution in [0.5, 0.6) is 5.75 Å². The monoisotopic (exact) mass is 392 g/mol. The standard InChI is InChI=1S/C21H20N4O2S/c1-12-4-6-16(13(2)8-12)24-18(26)10-28-21-20-19(22-11-23-21)15-9-14(27-3)5-7-17(15)25-20/h4-9,11,25H,10H2,1-3H3,(H,24,26). The number of anilines is 1. The predicted molar refractivity (Wildman–Crippen MR) is 113 cm³/mol. The number of aromatic nitrogens is 3. The summed E-state index contributed by atoms with van der Waals surface area (Å²) in [5, 5.41) is 4.68. The number of H-pyrrole nitrogens is 1. The van der Waals surface area contributed by atoms with E-state index in [1.54, 1.807) is 7.11 Å². The van der Waals surface area contributed by atoms with Gasteiger partial charge in [0.05, 0.1) is 18.4 Å². The zero-order valence-corrected chi connectivity index (χ0v) is 16.7. The van der Waals surface area contributed by atoms with Gasteiger partial charge in [0, 0.05) is 16.6 Å². The quantitative estimate of drug-likeness (QED) is 0.387. The molecule has 2 heterocycles. The van der Waals surface area contributed by atoms with Crippen molar-refractivity contribution in [1.82, 2.24) is 15.0 Å². The van der Waals surface area contributed by atoms with Crippen molar-refractivity contribution >= 4 is 45.3 Å². The van der Waals surface area contributed by atoms with Crippen LogP contribution in [0, 0.1) is 13.8 Å². The third-order valence-corrected chi connectivity index (χ3v) is 5.54. The molecule has 0 aliphatic rings. The second-order valence-corrected chi connectivity index (χ2v) is 7.56. The molecule has 0 aliphatic carbocycles. The number of amides is 1. The average molecular weight is 392 g/mol. The summed E-state index contributed by atoms with van der Waals surface area (Å²) < 4.78 is 5.31. The lowest BCUT2D eigenvalue weighted by molar-refractivity contribution is -0.113. The summed E-state index contributed by atoms with van der Waals surface area (Å²) in [6.45, 7) is 4.02. The van der Waals surface area contributed by atoms with E-state index in [1.807, 2.05) is 44.2 Å². The lowest BCUT2D eigenvalue weighted by atomic mass is 10.1. The molecule has 1 amide bonds. The number of hydrogen-bond acceptors (Lipinski definition) is 5. The maximum atomic E-state index is 12.4. The minimum Gasteiger partial charge on any atom is -0.497 e. The molecule has 2 aromatic carbocycles. The first-order valence-corrected chi connectivity index (χ1v) is 9.84. The van der Waals surface area contributed by atoms with E-state index >= 15 is 0 Å². The van der Waals surface area contributed by atoms with Crippen LogP contribution >= 0.6 is 11.8 Å². The number of aryl methyl sites for hydroxylation is 2. The number of fused-ring (bicyclic) bond motifs is 3. The number of rotatable bonds is 5. The van der Waals surface area contributed by atoms with Gasteiger partial charge in [0.2, 0.25) is 5.91 Å². The van der Waals surface area contributed by atoms with Gasteiger partial charge in [0.1, 0.15) is 22.6 Å². The van der Waals surface area contributed by atoms with E-state index in [-0.39, 0.29) is 11.7 Å². The summed E-state index contributed by atoms with van der Waals surface area (Å²) in [6.07, 6.45) is 1.53. The Morgan fingerprint density at radius 2 is 2.04 bits per heavy atom. The van der Waals surface area contributed by atoms with Crippen LogP contribution < -0.4 is 10.1 Å². The fraction of sp³-hybridized carbons (Fsp3) is 0.190. The summed E-state index contributed by atoms with van der Waals surface area (Å²) in [4.78, 5) is 24.5. The van der Waals surface area contributed by atoms with Gasteiger partial charge in [-0.2, -0.15) is 0 Å². The normalized spacial score (nSPS) is 11.1. The van der Waals surface area contributed by atoms with Crippen LogP contribution in [0.2, 0.25) is 0 Å². The van der Waals surface area contributed by atoms with Crippen molar-refractivity contribution in [3.63, 3.8) is 0 Å². The van der Waals surface area contributed by atoms with E-state index in [9.17, 15) is 4.79 Å². The lowest BCUT2D eigenvalue weighted by Gasteiger charge is -2.09. The molecule has 0 saturated heterocycles. The van der Waals surface area contributed by atoms with Crippen LogP contribution in [-0.2, 0) is 4.79 Å². The third-order valence-electron chi connectivity index (χ3n) is 4.55. The van der Waals surface area contributed by atoms with Crippen LogP contribution in [0.3, 0.4) is 0 Å². The Morgan fingerprint density at radius 1 is 1.18 bits per heavy atom. The van der Waals surface area contributed by atoms with Gasteiger partial charge in [0.25, 0.3) is 0 Å². The topological polar surface area (TPSA) is 79.9 Å². The van der Waals surface area contributed by atoms with Crippen LogP contribution in [-0.4, -0.2) is 33.7 Å². The molecule has 2 N–H and O–H groups in total. The first-order chi connectivity index (χ1) is 13.5. The summed E-state index contributed by atoms with van der Waals surface area (Å²) >= 11 is 1.39. The van der Waals surface area contributed by atoms with Gasteiger partial charge in [-0.1, -0.05) is 29.5 Å². The summed E-state index contributed by atoms with van der Waals surface area (Å²) in [5.74, 6) is 0.966. The minimum atomic E-state index is -0.0681. The second kappa shape index (κ2) is 7.52. The number of carbonyl (C=O) groups excluding carboxylic acids is 1. The molecule has 0 aliphatic heterocycles. The molecule has 0 saturated carbocycles. The van der Waals surface area contributed by atoms with Gasteiger partial charge < -0.3 is 15.0 Å². The molecule has 7 heteroatoms. The number of aromatic amines is 1. The Morgan fingerprint density at radius 3 is 2.82 bits per heavy atom. The third kappa shape index (κ3) is 3.53. The Balaban J connectivity index is 1.55. The molecule has 0 fully saturated rings. The van der Waals surface area contributed by atoms with Crippen LogP contribution in [0.15, 0.2) is 47.8 Å². The van der Waals surface area contributed by atoms with Crippen LogP contribution in [0.4, 0.5) is 5.69 Å². The second-order valence-electron chi connectivity index (χ2n) is 6.59. The molecular formula is C21H20N4O2S. The molecule has 0 radical (unpaired) electrons. The number of methoxy groups -OCH3 is 1. The van der Waals surface area contributed by atoms with Crippen molar-refractivity contribution in [3.05, 3.63) is 53.9 Å². The van der Waals surface area contributed by atoms with Crippen molar-refractivity contribution < 1.29 is 9.53 Å². The zero-order valence-electron chi connectivity index (χ0n) is 15.9. The first kappa shape index (κ1) is 18.3. The highest BCUT2D eigenvalue weighted by molar-refractivity contribution is 8.00. The number of carbonyl (C=O) groups is 1.